The molecule has 0 unspecified atom stereocenters. The SMILES string of the molecule is C=C(C)CNCc1nc(C)ccc1O. The van der Waals surface area contributed by atoms with E-state index in [2.05, 4.69) is 16.9 Å². The number of nitrogens with zero attached hydrogens (tertiary/aromatic N) is 1. The Morgan fingerprint density at radius 2 is 2.29 bits per heavy atom. The lowest BCUT2D eigenvalue weighted by molar-refractivity contribution is 0.460. The number of aryl methyl sites for hydroxylation is 1. The van der Waals surface area contributed by atoms with Crippen molar-refractivity contribution in [1.29, 1.82) is 0 Å². The quantitative estimate of drug-likeness (QED) is 0.714. The highest BCUT2D eigenvalue weighted by Crippen LogP contribution is 2.13. The Bertz CT molecular complexity index is 334. The van der Waals surface area contributed by atoms with E-state index in [-0.39, 0.29) is 5.75 Å². The van der Waals surface area contributed by atoms with E-state index in [0.717, 1.165) is 17.8 Å². The molecule has 3 nitrogen and oxygen atoms in total. The van der Waals surface area contributed by atoms with E-state index in [1.54, 1.807) is 12.1 Å². The van der Waals surface area contributed by atoms with E-state index < -0.39 is 0 Å². The summed E-state index contributed by atoms with van der Waals surface area (Å²) in [7, 11) is 0. The Labute approximate surface area is 84.5 Å². The summed E-state index contributed by atoms with van der Waals surface area (Å²) in [6.07, 6.45) is 0. The molecule has 1 aromatic heterocycles. The van der Waals surface area contributed by atoms with Crippen molar-refractivity contribution in [2.24, 2.45) is 0 Å². The van der Waals surface area contributed by atoms with Crippen LogP contribution in [0.2, 0.25) is 0 Å². The molecule has 0 aliphatic carbocycles. The molecule has 0 radical (unpaired) electrons. The molecule has 0 aromatic carbocycles. The number of aromatic hydroxyl groups is 1. The molecule has 0 saturated heterocycles. The lowest BCUT2D eigenvalue weighted by atomic mass is 10.2. The first-order valence-corrected chi connectivity index (χ1v) is 4.60. The lowest BCUT2D eigenvalue weighted by Crippen LogP contribution is -2.16. The molecule has 1 heterocycles. The molecule has 0 atom stereocenters. The van der Waals surface area contributed by atoms with Gasteiger partial charge in [0.25, 0.3) is 0 Å². The van der Waals surface area contributed by atoms with Crippen LogP contribution in [0, 0.1) is 6.92 Å². The third-order valence-corrected chi connectivity index (χ3v) is 1.81. The number of pyridine rings is 1. The molecule has 1 aromatic rings. The molecule has 0 spiro atoms. The lowest BCUT2D eigenvalue weighted by Gasteiger charge is -2.06. The Hall–Kier alpha value is -1.35. The highest BCUT2D eigenvalue weighted by molar-refractivity contribution is 5.27. The zero-order chi connectivity index (χ0) is 10.6. The van der Waals surface area contributed by atoms with Crippen LogP contribution in [-0.2, 0) is 6.54 Å². The topological polar surface area (TPSA) is 45.2 Å². The second-order valence-electron chi connectivity index (χ2n) is 3.48. The summed E-state index contributed by atoms with van der Waals surface area (Å²) in [6.45, 7) is 8.96. The fraction of sp³-hybridized carbons (Fsp3) is 0.364. The van der Waals surface area contributed by atoms with Crippen LogP contribution in [0.25, 0.3) is 0 Å². The van der Waals surface area contributed by atoms with Gasteiger partial charge in [-0.15, -0.1) is 0 Å². The average molecular weight is 192 g/mol. The van der Waals surface area contributed by atoms with Gasteiger partial charge < -0.3 is 10.4 Å². The van der Waals surface area contributed by atoms with E-state index >= 15 is 0 Å². The van der Waals surface area contributed by atoms with Crippen LogP contribution in [0.4, 0.5) is 0 Å². The minimum absolute atomic E-state index is 0.241. The third-order valence-electron chi connectivity index (χ3n) is 1.81. The predicted molar refractivity (Wildman–Crippen MR) is 57.2 cm³/mol. The van der Waals surface area contributed by atoms with Crippen molar-refractivity contribution in [3.8, 4) is 5.75 Å². The van der Waals surface area contributed by atoms with E-state index in [1.165, 1.54) is 0 Å². The Morgan fingerprint density at radius 3 is 2.93 bits per heavy atom. The van der Waals surface area contributed by atoms with Gasteiger partial charge in [-0.25, -0.2) is 0 Å². The summed E-state index contributed by atoms with van der Waals surface area (Å²) in [4.78, 5) is 4.23. The van der Waals surface area contributed by atoms with Crippen molar-refractivity contribution in [2.45, 2.75) is 20.4 Å². The van der Waals surface area contributed by atoms with Crippen LogP contribution in [0.1, 0.15) is 18.3 Å². The van der Waals surface area contributed by atoms with Gasteiger partial charge in [-0.2, -0.15) is 0 Å². The van der Waals surface area contributed by atoms with Crippen molar-refractivity contribution in [3.05, 3.63) is 35.7 Å². The monoisotopic (exact) mass is 192 g/mol. The van der Waals surface area contributed by atoms with Crippen LogP contribution in [0.5, 0.6) is 5.75 Å². The summed E-state index contributed by atoms with van der Waals surface area (Å²) in [5, 5.41) is 12.6. The van der Waals surface area contributed by atoms with Gasteiger partial charge >= 0.3 is 0 Å². The zero-order valence-electron chi connectivity index (χ0n) is 8.67. The van der Waals surface area contributed by atoms with Gasteiger partial charge in [-0.3, -0.25) is 4.98 Å². The maximum absolute atomic E-state index is 9.48. The number of hydrogen-bond donors (Lipinski definition) is 2. The smallest absolute Gasteiger partial charge is 0.138 e. The summed E-state index contributed by atoms with van der Waals surface area (Å²) in [6, 6.07) is 3.46. The first-order chi connectivity index (χ1) is 6.59. The fourth-order valence-electron chi connectivity index (χ4n) is 1.13. The summed E-state index contributed by atoms with van der Waals surface area (Å²) < 4.78 is 0. The van der Waals surface area contributed by atoms with Gasteiger partial charge in [0.05, 0.1) is 5.69 Å². The number of aromatic nitrogens is 1. The summed E-state index contributed by atoms with van der Waals surface area (Å²) in [5.41, 5.74) is 2.67. The molecule has 2 N–H and O–H groups in total. The second-order valence-corrected chi connectivity index (χ2v) is 3.48. The molecule has 0 aliphatic heterocycles. The molecule has 0 saturated carbocycles. The predicted octanol–water partition coefficient (Wildman–Crippen LogP) is 1.76. The molecule has 0 bridgehead atoms. The highest BCUT2D eigenvalue weighted by Gasteiger charge is 2.01. The van der Waals surface area contributed by atoms with Crippen molar-refractivity contribution in [3.63, 3.8) is 0 Å². The van der Waals surface area contributed by atoms with Crippen molar-refractivity contribution in [2.75, 3.05) is 6.54 Å². The van der Waals surface area contributed by atoms with Crippen LogP contribution < -0.4 is 5.32 Å². The van der Waals surface area contributed by atoms with Crippen molar-refractivity contribution in [1.82, 2.24) is 10.3 Å². The average Bonchev–Trinajstić information content (AvgIpc) is 2.10. The zero-order valence-corrected chi connectivity index (χ0v) is 8.67. The molecule has 0 fully saturated rings. The van der Waals surface area contributed by atoms with Gasteiger partial charge in [0.1, 0.15) is 5.75 Å². The van der Waals surface area contributed by atoms with Crippen LogP contribution in [0.15, 0.2) is 24.3 Å². The molecule has 3 heteroatoms. The van der Waals surface area contributed by atoms with Gasteiger partial charge in [0.15, 0.2) is 0 Å². The Morgan fingerprint density at radius 1 is 1.57 bits per heavy atom. The van der Waals surface area contributed by atoms with Crippen molar-refractivity contribution < 1.29 is 5.11 Å². The molecule has 0 amide bonds. The van der Waals surface area contributed by atoms with E-state index in [9.17, 15) is 5.11 Å². The number of nitrogens with one attached hydrogen (secondary N) is 1. The van der Waals surface area contributed by atoms with Gasteiger partial charge in [0.2, 0.25) is 0 Å². The molecule has 76 valence electrons. The molecular formula is C11H16N2O. The maximum atomic E-state index is 9.48. The molecule has 0 aliphatic rings. The second kappa shape index (κ2) is 4.77. The summed E-state index contributed by atoms with van der Waals surface area (Å²) in [5.74, 6) is 0.241. The molecular weight excluding hydrogens is 176 g/mol. The van der Waals surface area contributed by atoms with Gasteiger partial charge in [0, 0.05) is 18.8 Å². The van der Waals surface area contributed by atoms with Crippen molar-refractivity contribution >= 4 is 0 Å². The number of rotatable bonds is 4. The van der Waals surface area contributed by atoms with Crippen LogP contribution >= 0.6 is 0 Å². The van der Waals surface area contributed by atoms with E-state index in [0.29, 0.717) is 12.2 Å². The Kier molecular flexibility index (Phi) is 3.65. The van der Waals surface area contributed by atoms with Crippen LogP contribution in [-0.4, -0.2) is 16.6 Å². The summed E-state index contributed by atoms with van der Waals surface area (Å²) >= 11 is 0. The maximum Gasteiger partial charge on any atom is 0.138 e. The van der Waals surface area contributed by atoms with Gasteiger partial charge in [-0.1, -0.05) is 12.2 Å². The fourth-order valence-corrected chi connectivity index (χ4v) is 1.13. The molecule has 14 heavy (non-hydrogen) atoms. The largest absolute Gasteiger partial charge is 0.506 e. The van der Waals surface area contributed by atoms with E-state index in [4.69, 9.17) is 0 Å². The third kappa shape index (κ3) is 3.18. The standard InChI is InChI=1S/C11H16N2O/c1-8(2)6-12-7-10-11(14)5-4-9(3)13-10/h4-5,12,14H,1,6-7H2,2-3H3. The normalized spacial score (nSPS) is 10.1. The Balaban J connectivity index is 2.57. The van der Waals surface area contributed by atoms with Crippen LogP contribution in [0.3, 0.4) is 0 Å². The molecule has 1 rings (SSSR count). The minimum atomic E-state index is 0.241. The number of hydrogen-bond acceptors (Lipinski definition) is 3. The first kappa shape index (κ1) is 10.7. The van der Waals surface area contributed by atoms with Gasteiger partial charge in [-0.05, 0) is 26.0 Å². The minimum Gasteiger partial charge on any atom is -0.506 e. The first-order valence-electron chi connectivity index (χ1n) is 4.60. The van der Waals surface area contributed by atoms with E-state index in [1.807, 2.05) is 13.8 Å². The highest BCUT2D eigenvalue weighted by atomic mass is 16.3.